The third-order valence-corrected chi connectivity index (χ3v) is 7.42. The van der Waals surface area contributed by atoms with Gasteiger partial charge in [0.25, 0.3) is 0 Å². The van der Waals surface area contributed by atoms with Crippen molar-refractivity contribution in [2.45, 2.75) is 70.8 Å². The molecule has 0 spiro atoms. The monoisotopic (exact) mass is 505 g/mol. The number of para-hydroxylation sites is 1. The highest BCUT2D eigenvalue weighted by molar-refractivity contribution is 6.30. The molecule has 0 bridgehead atoms. The maximum absolute atomic E-state index is 13.5. The molecular weight excluding hydrogens is 474 g/mol. The zero-order valence-electron chi connectivity index (χ0n) is 21.5. The molecule has 2 aliphatic rings. The minimum Gasteiger partial charge on any atom is -0.480 e. The summed E-state index contributed by atoms with van der Waals surface area (Å²) in [6, 6.07) is 19.6. The number of benzene rings is 3. The number of hydrogen-bond donors (Lipinski definition) is 1. The highest BCUT2D eigenvalue weighted by Crippen LogP contribution is 2.54. The smallest absolute Gasteiger partial charge is 0.415 e. The second-order valence-electron chi connectivity index (χ2n) is 11.2. The third-order valence-electron chi connectivity index (χ3n) is 7.17. The van der Waals surface area contributed by atoms with Crippen LogP contribution in [0.2, 0.25) is 5.02 Å². The van der Waals surface area contributed by atoms with Gasteiger partial charge in [-0.15, -0.1) is 0 Å². The SMILES string of the molecule is CC1c2c(ccc3c2C(c2ccc(Cl)cc2)Oc2ccccc2-3)N(C(=O)OC(C)(C)C)C(C)(C)C1O. The number of nitrogens with zero attached hydrogens (tertiary/aromatic N) is 1. The van der Waals surface area contributed by atoms with Crippen LogP contribution in [-0.2, 0) is 4.74 Å². The molecule has 6 heteroatoms. The van der Waals surface area contributed by atoms with Gasteiger partial charge in [0.2, 0.25) is 0 Å². The number of anilines is 1. The van der Waals surface area contributed by atoms with Crippen LogP contribution in [0.5, 0.6) is 5.75 Å². The van der Waals surface area contributed by atoms with Gasteiger partial charge < -0.3 is 14.6 Å². The molecule has 1 N–H and O–H groups in total. The molecule has 0 saturated carbocycles. The number of fused-ring (bicyclic) bond motifs is 5. The summed E-state index contributed by atoms with van der Waals surface area (Å²) in [7, 11) is 0. The Labute approximate surface area is 217 Å². The molecular formula is C30H32ClNO4. The molecule has 2 aliphatic heterocycles. The van der Waals surface area contributed by atoms with Crippen LogP contribution in [0.25, 0.3) is 11.1 Å². The van der Waals surface area contributed by atoms with Crippen molar-refractivity contribution in [1.29, 1.82) is 0 Å². The van der Waals surface area contributed by atoms with Gasteiger partial charge >= 0.3 is 6.09 Å². The van der Waals surface area contributed by atoms with Crippen molar-refractivity contribution in [1.82, 2.24) is 0 Å². The van der Waals surface area contributed by atoms with Crippen LogP contribution in [0, 0.1) is 0 Å². The number of carbonyl (C=O) groups is 1. The van der Waals surface area contributed by atoms with Gasteiger partial charge in [-0.2, -0.15) is 0 Å². The van der Waals surface area contributed by atoms with Gasteiger partial charge in [0.1, 0.15) is 17.5 Å². The van der Waals surface area contributed by atoms with Crippen LogP contribution in [0.15, 0.2) is 60.7 Å². The zero-order chi connectivity index (χ0) is 26.0. The Balaban J connectivity index is 1.79. The first-order valence-electron chi connectivity index (χ1n) is 12.3. The van der Waals surface area contributed by atoms with Gasteiger partial charge in [0, 0.05) is 22.1 Å². The summed E-state index contributed by atoms with van der Waals surface area (Å²) in [6.07, 6.45) is -1.75. The molecule has 0 fully saturated rings. The van der Waals surface area contributed by atoms with E-state index in [9.17, 15) is 9.90 Å². The minimum absolute atomic E-state index is 0.257. The molecule has 0 saturated heterocycles. The van der Waals surface area contributed by atoms with Crippen LogP contribution in [0.1, 0.15) is 70.3 Å². The third kappa shape index (κ3) is 3.95. The largest absolute Gasteiger partial charge is 0.480 e. The van der Waals surface area contributed by atoms with E-state index < -0.39 is 29.4 Å². The van der Waals surface area contributed by atoms with E-state index in [1.807, 2.05) is 96.1 Å². The summed E-state index contributed by atoms with van der Waals surface area (Å²) in [5.74, 6) is 0.533. The summed E-state index contributed by atoms with van der Waals surface area (Å²) in [5.41, 5.74) is 3.96. The number of halogens is 1. The van der Waals surface area contributed by atoms with E-state index in [-0.39, 0.29) is 5.92 Å². The zero-order valence-corrected chi connectivity index (χ0v) is 22.3. The summed E-state index contributed by atoms with van der Waals surface area (Å²) < 4.78 is 12.4. The number of rotatable bonds is 1. The summed E-state index contributed by atoms with van der Waals surface area (Å²) in [4.78, 5) is 15.2. The molecule has 0 radical (unpaired) electrons. The molecule has 2 heterocycles. The molecule has 36 heavy (non-hydrogen) atoms. The van der Waals surface area contributed by atoms with Gasteiger partial charge in [-0.05, 0) is 75.6 Å². The van der Waals surface area contributed by atoms with E-state index in [4.69, 9.17) is 21.1 Å². The van der Waals surface area contributed by atoms with Gasteiger partial charge in [-0.1, -0.05) is 54.9 Å². The molecule has 5 rings (SSSR count). The van der Waals surface area contributed by atoms with Gasteiger partial charge in [-0.3, -0.25) is 4.90 Å². The molecule has 3 atom stereocenters. The number of aliphatic hydroxyl groups is 1. The van der Waals surface area contributed by atoms with Crippen molar-refractivity contribution >= 4 is 23.4 Å². The number of amides is 1. The number of aliphatic hydroxyl groups excluding tert-OH is 1. The lowest BCUT2D eigenvalue weighted by Crippen LogP contribution is -2.61. The van der Waals surface area contributed by atoms with Crippen molar-refractivity contribution in [3.8, 4) is 16.9 Å². The Bertz CT molecular complexity index is 1330. The lowest BCUT2D eigenvalue weighted by molar-refractivity contribution is 0.0334. The quantitative estimate of drug-likeness (QED) is 0.372. The average molecular weight is 506 g/mol. The normalized spacial score (nSPS) is 22.1. The molecule has 1 amide bonds. The molecule has 3 unspecified atom stereocenters. The minimum atomic E-state index is -0.883. The van der Waals surface area contributed by atoms with Crippen molar-refractivity contribution < 1.29 is 19.4 Å². The van der Waals surface area contributed by atoms with E-state index >= 15 is 0 Å². The Morgan fingerprint density at radius 2 is 1.67 bits per heavy atom. The van der Waals surface area contributed by atoms with Crippen molar-refractivity contribution in [3.63, 3.8) is 0 Å². The van der Waals surface area contributed by atoms with Gasteiger partial charge in [-0.25, -0.2) is 4.79 Å². The van der Waals surface area contributed by atoms with E-state index in [1.54, 1.807) is 4.90 Å². The first kappa shape index (κ1) is 24.7. The van der Waals surface area contributed by atoms with Crippen molar-refractivity contribution in [2.75, 3.05) is 4.90 Å². The fourth-order valence-corrected chi connectivity index (χ4v) is 5.65. The lowest BCUT2D eigenvalue weighted by Gasteiger charge is -2.50. The summed E-state index contributed by atoms with van der Waals surface area (Å²) in [5, 5.41) is 12.2. The van der Waals surface area contributed by atoms with Crippen LogP contribution < -0.4 is 9.64 Å². The first-order valence-corrected chi connectivity index (χ1v) is 12.7. The number of ether oxygens (including phenoxy) is 2. The second-order valence-corrected chi connectivity index (χ2v) is 11.6. The Morgan fingerprint density at radius 1 is 1.00 bits per heavy atom. The predicted molar refractivity (Wildman–Crippen MR) is 143 cm³/mol. The molecule has 3 aromatic carbocycles. The predicted octanol–water partition coefficient (Wildman–Crippen LogP) is 7.49. The molecule has 188 valence electrons. The maximum Gasteiger partial charge on any atom is 0.415 e. The Kier molecular flexibility index (Phi) is 5.85. The highest BCUT2D eigenvalue weighted by atomic mass is 35.5. The average Bonchev–Trinajstić information content (AvgIpc) is 2.81. The molecule has 5 nitrogen and oxygen atoms in total. The number of hydrogen-bond acceptors (Lipinski definition) is 4. The molecule has 3 aromatic rings. The summed E-state index contributed by atoms with van der Waals surface area (Å²) in [6.45, 7) is 11.3. The van der Waals surface area contributed by atoms with Gasteiger partial charge in [0.15, 0.2) is 0 Å². The van der Waals surface area contributed by atoms with E-state index in [2.05, 4.69) is 6.07 Å². The fraction of sp³-hybridized carbons (Fsp3) is 0.367. The van der Waals surface area contributed by atoms with Crippen LogP contribution in [0.4, 0.5) is 10.5 Å². The standard InChI is InChI=1S/C30H32ClNO4/c1-17-24-22(32(30(5,6)27(17)33)28(34)36-29(2,3)4)16-15-21-20-9-7-8-10-23(20)35-26(25(21)24)18-11-13-19(31)14-12-18/h7-17,26-27,33H,1-6H3. The second kappa shape index (κ2) is 8.53. The maximum atomic E-state index is 13.5. The van der Waals surface area contributed by atoms with Crippen LogP contribution in [0.3, 0.4) is 0 Å². The molecule has 0 aliphatic carbocycles. The van der Waals surface area contributed by atoms with E-state index in [0.717, 1.165) is 39.3 Å². The lowest BCUT2D eigenvalue weighted by atomic mass is 9.72. The van der Waals surface area contributed by atoms with Gasteiger partial charge in [0.05, 0.1) is 17.3 Å². The number of carbonyl (C=O) groups excluding carboxylic acids is 1. The summed E-state index contributed by atoms with van der Waals surface area (Å²) >= 11 is 6.20. The first-order chi connectivity index (χ1) is 16.9. The van der Waals surface area contributed by atoms with Crippen molar-refractivity contribution in [2.24, 2.45) is 0 Å². The highest BCUT2D eigenvalue weighted by Gasteiger charge is 2.50. The Morgan fingerprint density at radius 3 is 2.33 bits per heavy atom. The van der Waals surface area contributed by atoms with Crippen molar-refractivity contribution in [3.05, 3.63) is 82.4 Å². The van der Waals surface area contributed by atoms with Crippen LogP contribution in [-0.4, -0.2) is 28.4 Å². The fourth-order valence-electron chi connectivity index (χ4n) is 5.52. The van der Waals surface area contributed by atoms with E-state index in [1.165, 1.54) is 0 Å². The topological polar surface area (TPSA) is 59.0 Å². The van der Waals surface area contributed by atoms with E-state index in [0.29, 0.717) is 5.02 Å². The Hall–Kier alpha value is -3.02. The molecule has 0 aromatic heterocycles. The van der Waals surface area contributed by atoms with Crippen LogP contribution >= 0.6 is 11.6 Å².